The van der Waals surface area contributed by atoms with Crippen molar-refractivity contribution in [2.45, 2.75) is 40.2 Å². The van der Waals surface area contributed by atoms with E-state index in [-0.39, 0.29) is 5.60 Å². The molecule has 0 unspecified atom stereocenters. The summed E-state index contributed by atoms with van der Waals surface area (Å²) < 4.78 is 6.02. The second kappa shape index (κ2) is 6.91. The van der Waals surface area contributed by atoms with E-state index in [2.05, 4.69) is 50.0 Å². The Morgan fingerprint density at radius 2 is 1.78 bits per heavy atom. The van der Waals surface area contributed by atoms with Gasteiger partial charge < -0.3 is 4.74 Å². The summed E-state index contributed by atoms with van der Waals surface area (Å²) in [7, 11) is 0. The van der Waals surface area contributed by atoms with Crippen LogP contribution in [0.3, 0.4) is 0 Å². The van der Waals surface area contributed by atoms with Crippen LogP contribution in [0.5, 0.6) is 0 Å². The van der Waals surface area contributed by atoms with Crippen LogP contribution in [0.15, 0.2) is 35.5 Å². The molecule has 0 aliphatic carbocycles. The van der Waals surface area contributed by atoms with Crippen LogP contribution >= 0.6 is 0 Å². The highest BCUT2D eigenvalue weighted by Crippen LogP contribution is 2.40. The van der Waals surface area contributed by atoms with Crippen LogP contribution in [0.4, 0.5) is 0 Å². The van der Waals surface area contributed by atoms with Crippen molar-refractivity contribution < 1.29 is 4.74 Å². The summed E-state index contributed by atoms with van der Waals surface area (Å²) in [5, 5.41) is 0. The fraction of sp³-hybridized carbons (Fsp3) is 0.625. The van der Waals surface area contributed by atoms with Gasteiger partial charge in [-0.25, -0.2) is 0 Å². The van der Waals surface area contributed by atoms with E-state index in [9.17, 15) is 0 Å². The van der Waals surface area contributed by atoms with Crippen LogP contribution in [0, 0.1) is 0 Å². The predicted octanol–water partition coefficient (Wildman–Crippen LogP) is 3.57. The maximum absolute atomic E-state index is 6.02. The Labute approximate surface area is 112 Å². The van der Waals surface area contributed by atoms with Gasteiger partial charge in [0.25, 0.3) is 0 Å². The van der Waals surface area contributed by atoms with E-state index < -0.39 is 0 Å². The van der Waals surface area contributed by atoms with E-state index in [0.717, 1.165) is 26.2 Å². The molecule has 0 saturated carbocycles. The van der Waals surface area contributed by atoms with Crippen LogP contribution in [0.2, 0.25) is 0 Å². The number of likely N-dealkylation sites (tertiary alicyclic amines) is 1. The van der Waals surface area contributed by atoms with E-state index in [1.165, 1.54) is 11.1 Å². The number of hydrogen-bond acceptors (Lipinski definition) is 2. The normalized spacial score (nSPS) is 22.7. The van der Waals surface area contributed by atoms with Gasteiger partial charge >= 0.3 is 0 Å². The molecule has 2 nitrogen and oxygen atoms in total. The summed E-state index contributed by atoms with van der Waals surface area (Å²) in [6.07, 6.45) is 8.61. The number of hydrogen-bond donors (Lipinski definition) is 0. The van der Waals surface area contributed by atoms with Gasteiger partial charge in [-0.05, 0) is 31.5 Å². The van der Waals surface area contributed by atoms with E-state index in [1.54, 1.807) is 0 Å². The molecular weight excluding hydrogens is 222 g/mol. The minimum absolute atomic E-state index is 0.00262. The molecule has 0 aromatic heterocycles. The summed E-state index contributed by atoms with van der Waals surface area (Å²) in [6.45, 7) is 14.3. The molecule has 2 rings (SSSR count). The van der Waals surface area contributed by atoms with E-state index >= 15 is 0 Å². The summed E-state index contributed by atoms with van der Waals surface area (Å²) in [5.74, 6) is 0. The lowest BCUT2D eigenvalue weighted by atomic mass is 9.84. The minimum Gasteiger partial charge on any atom is -0.363 e. The van der Waals surface area contributed by atoms with Gasteiger partial charge in [-0.1, -0.05) is 45.1 Å². The molecule has 0 atom stereocenters. The van der Waals surface area contributed by atoms with Crippen molar-refractivity contribution in [2.75, 3.05) is 26.2 Å². The molecule has 0 aromatic carbocycles. The Morgan fingerprint density at radius 3 is 2.28 bits per heavy atom. The van der Waals surface area contributed by atoms with Gasteiger partial charge in [0.15, 0.2) is 0 Å². The van der Waals surface area contributed by atoms with Crippen molar-refractivity contribution in [2.24, 2.45) is 0 Å². The Hall–Kier alpha value is -0.860. The van der Waals surface area contributed by atoms with Gasteiger partial charge in [-0.2, -0.15) is 0 Å². The van der Waals surface area contributed by atoms with Gasteiger partial charge in [0.2, 0.25) is 0 Å². The molecule has 1 saturated heterocycles. The molecule has 0 N–H and O–H groups in total. The molecule has 0 radical (unpaired) electrons. The first-order chi connectivity index (χ1) is 8.75. The number of ether oxygens (including phenoxy) is 1. The summed E-state index contributed by atoms with van der Waals surface area (Å²) in [4.78, 5) is 2.42. The highest BCUT2D eigenvalue weighted by Gasteiger charge is 2.49. The van der Waals surface area contributed by atoms with Gasteiger partial charge in [0, 0.05) is 13.1 Å². The first kappa shape index (κ1) is 15.2. The van der Waals surface area contributed by atoms with Gasteiger partial charge in [-0.15, -0.1) is 0 Å². The standard InChI is InChI=1S/C14H21NO.C2H6/c1-4-7-12-9-16-14(13(12)8-5-2)10-15(6-3)11-14;1-2/h4-5,7-8H,6,9-11H2,1-3H3;1-2H3/b7-4-,8-5-;. The zero-order chi connectivity index (χ0) is 13.6. The maximum Gasteiger partial charge on any atom is 0.119 e. The molecule has 0 amide bonds. The quantitative estimate of drug-likeness (QED) is 0.758. The van der Waals surface area contributed by atoms with E-state index in [1.807, 2.05) is 13.8 Å². The zero-order valence-electron chi connectivity index (χ0n) is 12.5. The van der Waals surface area contributed by atoms with Crippen molar-refractivity contribution in [3.05, 3.63) is 35.5 Å². The van der Waals surface area contributed by atoms with Crippen LogP contribution in [0.1, 0.15) is 34.6 Å². The fourth-order valence-corrected chi connectivity index (χ4v) is 2.59. The van der Waals surface area contributed by atoms with Gasteiger partial charge in [0.1, 0.15) is 5.60 Å². The second-order valence-corrected chi connectivity index (χ2v) is 4.53. The first-order valence-electron chi connectivity index (χ1n) is 7.11. The molecule has 0 aromatic rings. The van der Waals surface area contributed by atoms with Gasteiger partial charge in [-0.3, -0.25) is 4.90 Å². The molecule has 2 aliphatic rings. The molecule has 2 heterocycles. The molecule has 1 fully saturated rings. The Morgan fingerprint density at radius 1 is 1.17 bits per heavy atom. The van der Waals surface area contributed by atoms with Crippen molar-refractivity contribution >= 4 is 0 Å². The fourth-order valence-electron chi connectivity index (χ4n) is 2.59. The summed E-state index contributed by atoms with van der Waals surface area (Å²) >= 11 is 0. The van der Waals surface area contributed by atoms with Crippen molar-refractivity contribution in [3.8, 4) is 0 Å². The van der Waals surface area contributed by atoms with Crippen LogP contribution in [-0.2, 0) is 4.74 Å². The summed E-state index contributed by atoms with van der Waals surface area (Å²) in [5.41, 5.74) is 2.73. The molecule has 1 spiro atoms. The van der Waals surface area contributed by atoms with Crippen LogP contribution < -0.4 is 0 Å². The van der Waals surface area contributed by atoms with E-state index in [0.29, 0.717) is 0 Å². The van der Waals surface area contributed by atoms with Crippen LogP contribution in [0.25, 0.3) is 0 Å². The molecule has 0 bridgehead atoms. The van der Waals surface area contributed by atoms with Gasteiger partial charge in [0.05, 0.1) is 6.61 Å². The minimum atomic E-state index is -0.00262. The third-order valence-electron chi connectivity index (χ3n) is 3.45. The Bertz CT molecular complexity index is 346. The Kier molecular flexibility index (Phi) is 5.83. The van der Waals surface area contributed by atoms with Crippen molar-refractivity contribution in [1.29, 1.82) is 0 Å². The monoisotopic (exact) mass is 249 g/mol. The average molecular weight is 249 g/mol. The number of allylic oxidation sites excluding steroid dienone is 2. The lowest BCUT2D eigenvalue weighted by molar-refractivity contribution is -0.0933. The predicted molar refractivity (Wildman–Crippen MR) is 78.8 cm³/mol. The lowest BCUT2D eigenvalue weighted by Crippen LogP contribution is -2.62. The third kappa shape index (κ3) is 2.76. The number of rotatable bonds is 3. The molecular formula is C16H27NO. The van der Waals surface area contributed by atoms with E-state index in [4.69, 9.17) is 4.74 Å². The van der Waals surface area contributed by atoms with Crippen LogP contribution in [-0.4, -0.2) is 36.7 Å². The first-order valence-corrected chi connectivity index (χ1v) is 7.11. The Balaban J connectivity index is 0.000000771. The molecule has 18 heavy (non-hydrogen) atoms. The molecule has 2 heteroatoms. The molecule has 102 valence electrons. The lowest BCUT2D eigenvalue weighted by Gasteiger charge is -2.48. The van der Waals surface area contributed by atoms with Crippen molar-refractivity contribution in [1.82, 2.24) is 4.90 Å². The van der Waals surface area contributed by atoms with Crippen molar-refractivity contribution in [3.63, 3.8) is 0 Å². The zero-order valence-corrected chi connectivity index (χ0v) is 12.5. The number of nitrogens with zero attached hydrogens (tertiary/aromatic N) is 1. The molecule has 2 aliphatic heterocycles. The average Bonchev–Trinajstić information content (AvgIpc) is 2.70. The highest BCUT2D eigenvalue weighted by molar-refractivity contribution is 5.46. The number of likely N-dealkylation sites (N-methyl/N-ethyl adjacent to an activating group) is 1. The smallest absolute Gasteiger partial charge is 0.119 e. The summed E-state index contributed by atoms with van der Waals surface area (Å²) in [6, 6.07) is 0. The second-order valence-electron chi connectivity index (χ2n) is 4.53. The highest BCUT2D eigenvalue weighted by atomic mass is 16.5. The largest absolute Gasteiger partial charge is 0.363 e. The maximum atomic E-state index is 6.02. The SMILES string of the molecule is C/C=C\C1=C(/C=C\C)C2(CN(CC)C2)OC1.CC. The topological polar surface area (TPSA) is 12.5 Å². The third-order valence-corrected chi connectivity index (χ3v) is 3.45.